The van der Waals surface area contributed by atoms with Crippen LogP contribution in [0.2, 0.25) is 0 Å². The lowest BCUT2D eigenvalue weighted by Gasteiger charge is -2.16. The number of benzene rings is 1. The summed E-state index contributed by atoms with van der Waals surface area (Å²) in [5, 5.41) is 14.4. The average molecular weight is 312 g/mol. The molecule has 1 fully saturated rings. The van der Waals surface area contributed by atoms with Gasteiger partial charge in [0.1, 0.15) is 5.82 Å². The zero-order chi connectivity index (χ0) is 16.1. The third-order valence-corrected chi connectivity index (χ3v) is 4.19. The summed E-state index contributed by atoms with van der Waals surface area (Å²) in [6.07, 6.45) is 2.87. The van der Waals surface area contributed by atoms with Gasteiger partial charge in [0.15, 0.2) is 0 Å². The van der Waals surface area contributed by atoms with E-state index in [1.807, 2.05) is 30.3 Å². The van der Waals surface area contributed by atoms with Crippen molar-refractivity contribution in [2.75, 3.05) is 25.0 Å². The van der Waals surface area contributed by atoms with Crippen LogP contribution in [0.1, 0.15) is 12.0 Å². The van der Waals surface area contributed by atoms with Crippen LogP contribution in [0.15, 0.2) is 48.7 Å². The third kappa shape index (κ3) is 4.04. The smallest absolute Gasteiger partial charge is 0.273 e. The van der Waals surface area contributed by atoms with Crippen molar-refractivity contribution in [3.05, 3.63) is 64.3 Å². The highest BCUT2D eigenvalue weighted by Crippen LogP contribution is 2.24. The Kier molecular flexibility index (Phi) is 4.83. The SMILES string of the molecule is O=[N+]([O-])c1ccccc1CN1CC[C@@H](CNc2ccccn2)C1. The van der Waals surface area contributed by atoms with Crippen molar-refractivity contribution in [1.29, 1.82) is 0 Å². The predicted octanol–water partition coefficient (Wildman–Crippen LogP) is 2.92. The fourth-order valence-corrected chi connectivity index (χ4v) is 3.00. The van der Waals surface area contributed by atoms with Crippen molar-refractivity contribution in [1.82, 2.24) is 9.88 Å². The molecular weight excluding hydrogens is 292 g/mol. The largest absolute Gasteiger partial charge is 0.370 e. The summed E-state index contributed by atoms with van der Waals surface area (Å²) < 4.78 is 0. The zero-order valence-corrected chi connectivity index (χ0v) is 12.9. The van der Waals surface area contributed by atoms with Gasteiger partial charge in [0.05, 0.1) is 4.92 Å². The lowest BCUT2D eigenvalue weighted by molar-refractivity contribution is -0.385. The molecule has 0 saturated carbocycles. The summed E-state index contributed by atoms with van der Waals surface area (Å²) in [6, 6.07) is 12.8. The first-order valence-electron chi connectivity index (χ1n) is 7.82. The van der Waals surface area contributed by atoms with Crippen LogP contribution in [0.4, 0.5) is 11.5 Å². The maximum atomic E-state index is 11.1. The molecule has 1 aromatic carbocycles. The Balaban J connectivity index is 1.53. The fourth-order valence-electron chi connectivity index (χ4n) is 3.00. The topological polar surface area (TPSA) is 71.3 Å². The van der Waals surface area contributed by atoms with E-state index in [9.17, 15) is 10.1 Å². The summed E-state index contributed by atoms with van der Waals surface area (Å²) in [4.78, 5) is 17.3. The molecule has 0 unspecified atom stereocenters. The van der Waals surface area contributed by atoms with Gasteiger partial charge in [-0.25, -0.2) is 4.98 Å². The predicted molar refractivity (Wildman–Crippen MR) is 89.2 cm³/mol. The van der Waals surface area contributed by atoms with Crippen LogP contribution in [0.5, 0.6) is 0 Å². The number of nitro benzene ring substituents is 1. The maximum absolute atomic E-state index is 11.1. The summed E-state index contributed by atoms with van der Waals surface area (Å²) >= 11 is 0. The van der Waals surface area contributed by atoms with Crippen LogP contribution in [-0.2, 0) is 6.54 Å². The van der Waals surface area contributed by atoms with Gasteiger partial charge in [-0.3, -0.25) is 15.0 Å². The number of hydrogen-bond acceptors (Lipinski definition) is 5. The standard InChI is InChI=1S/C17H20N4O2/c22-21(23)16-6-2-1-5-15(16)13-20-10-8-14(12-20)11-19-17-7-3-4-9-18-17/h1-7,9,14H,8,10-13H2,(H,18,19)/t14-/m0/s1. The number of likely N-dealkylation sites (tertiary alicyclic amines) is 1. The summed E-state index contributed by atoms with van der Waals surface area (Å²) in [5.74, 6) is 1.43. The van der Waals surface area contributed by atoms with Crippen LogP contribution >= 0.6 is 0 Å². The van der Waals surface area contributed by atoms with Gasteiger partial charge in [0.2, 0.25) is 0 Å². The minimum atomic E-state index is -0.300. The number of aromatic nitrogens is 1. The van der Waals surface area contributed by atoms with Crippen LogP contribution in [-0.4, -0.2) is 34.4 Å². The lowest BCUT2D eigenvalue weighted by atomic mass is 10.1. The first kappa shape index (κ1) is 15.4. The summed E-state index contributed by atoms with van der Waals surface area (Å²) in [5.41, 5.74) is 0.999. The van der Waals surface area contributed by atoms with E-state index in [4.69, 9.17) is 0 Å². The fraction of sp³-hybridized carbons (Fsp3) is 0.353. The number of hydrogen-bond donors (Lipinski definition) is 1. The molecule has 2 aromatic rings. The molecule has 2 heterocycles. The Hall–Kier alpha value is -2.47. The molecule has 1 aromatic heterocycles. The van der Waals surface area contributed by atoms with Crippen LogP contribution in [0.25, 0.3) is 0 Å². The number of para-hydroxylation sites is 1. The van der Waals surface area contributed by atoms with E-state index in [0.29, 0.717) is 12.5 Å². The van der Waals surface area contributed by atoms with E-state index in [0.717, 1.165) is 37.4 Å². The molecule has 3 rings (SSSR count). The Labute approximate surface area is 135 Å². The molecule has 0 radical (unpaired) electrons. The van der Waals surface area contributed by atoms with E-state index in [-0.39, 0.29) is 10.6 Å². The number of nitrogens with zero attached hydrogens (tertiary/aromatic N) is 3. The molecule has 0 bridgehead atoms. The Morgan fingerprint density at radius 3 is 2.87 bits per heavy atom. The second kappa shape index (κ2) is 7.19. The van der Waals surface area contributed by atoms with E-state index < -0.39 is 0 Å². The van der Waals surface area contributed by atoms with Crippen molar-refractivity contribution < 1.29 is 4.92 Å². The number of pyridine rings is 1. The second-order valence-corrected chi connectivity index (χ2v) is 5.87. The van der Waals surface area contributed by atoms with Crippen LogP contribution in [0, 0.1) is 16.0 Å². The highest BCUT2D eigenvalue weighted by Gasteiger charge is 2.24. The molecule has 1 saturated heterocycles. The van der Waals surface area contributed by atoms with Gasteiger partial charge in [-0.1, -0.05) is 24.3 Å². The quantitative estimate of drug-likeness (QED) is 0.656. The van der Waals surface area contributed by atoms with Crippen molar-refractivity contribution in [2.24, 2.45) is 5.92 Å². The minimum absolute atomic E-state index is 0.211. The zero-order valence-electron chi connectivity index (χ0n) is 12.9. The van der Waals surface area contributed by atoms with Crippen LogP contribution in [0.3, 0.4) is 0 Å². The second-order valence-electron chi connectivity index (χ2n) is 5.87. The number of rotatable bonds is 6. The Morgan fingerprint density at radius 2 is 2.09 bits per heavy atom. The molecule has 0 aliphatic carbocycles. The molecule has 0 amide bonds. The molecule has 1 aliphatic heterocycles. The van der Waals surface area contributed by atoms with E-state index in [1.54, 1.807) is 18.3 Å². The van der Waals surface area contributed by atoms with Crippen molar-refractivity contribution in [3.63, 3.8) is 0 Å². The first-order valence-corrected chi connectivity index (χ1v) is 7.82. The Morgan fingerprint density at radius 1 is 1.26 bits per heavy atom. The Bertz CT molecular complexity index is 663. The van der Waals surface area contributed by atoms with Crippen LogP contribution < -0.4 is 5.32 Å². The van der Waals surface area contributed by atoms with E-state index >= 15 is 0 Å². The molecule has 1 atom stereocenters. The molecule has 6 heteroatoms. The molecule has 6 nitrogen and oxygen atoms in total. The normalized spacial score (nSPS) is 18.0. The molecule has 1 N–H and O–H groups in total. The van der Waals surface area contributed by atoms with Gasteiger partial charge in [-0.05, 0) is 31.0 Å². The van der Waals surface area contributed by atoms with Gasteiger partial charge in [0.25, 0.3) is 5.69 Å². The van der Waals surface area contributed by atoms with Crippen molar-refractivity contribution in [3.8, 4) is 0 Å². The first-order chi connectivity index (χ1) is 11.2. The van der Waals surface area contributed by atoms with Gasteiger partial charge >= 0.3 is 0 Å². The molecule has 1 aliphatic rings. The number of nitrogens with one attached hydrogen (secondary N) is 1. The van der Waals surface area contributed by atoms with Crippen molar-refractivity contribution in [2.45, 2.75) is 13.0 Å². The van der Waals surface area contributed by atoms with Gasteiger partial charge in [-0.2, -0.15) is 0 Å². The molecular formula is C17H20N4O2. The molecule has 23 heavy (non-hydrogen) atoms. The molecule has 0 spiro atoms. The molecule has 120 valence electrons. The monoisotopic (exact) mass is 312 g/mol. The van der Waals surface area contributed by atoms with Crippen molar-refractivity contribution >= 4 is 11.5 Å². The number of nitro groups is 1. The third-order valence-electron chi connectivity index (χ3n) is 4.19. The highest BCUT2D eigenvalue weighted by atomic mass is 16.6. The lowest BCUT2D eigenvalue weighted by Crippen LogP contribution is -2.23. The maximum Gasteiger partial charge on any atom is 0.273 e. The number of anilines is 1. The van der Waals surface area contributed by atoms with Gasteiger partial charge in [-0.15, -0.1) is 0 Å². The summed E-state index contributed by atoms with van der Waals surface area (Å²) in [6.45, 7) is 3.44. The van der Waals surface area contributed by atoms with Gasteiger partial charge in [0, 0.05) is 37.5 Å². The highest BCUT2D eigenvalue weighted by molar-refractivity contribution is 5.39. The van der Waals surface area contributed by atoms with Gasteiger partial charge < -0.3 is 5.32 Å². The minimum Gasteiger partial charge on any atom is -0.370 e. The van der Waals surface area contributed by atoms with E-state index in [2.05, 4.69) is 15.2 Å². The average Bonchev–Trinajstić information content (AvgIpc) is 3.02. The summed E-state index contributed by atoms with van der Waals surface area (Å²) in [7, 11) is 0. The van der Waals surface area contributed by atoms with E-state index in [1.165, 1.54) is 0 Å².